The lowest BCUT2D eigenvalue weighted by molar-refractivity contribution is 0.0410. The molecule has 0 aromatic carbocycles. The molecule has 2 N–H and O–H groups in total. The van der Waals surface area contributed by atoms with E-state index in [9.17, 15) is 0 Å². The van der Waals surface area contributed by atoms with Crippen molar-refractivity contribution in [3.05, 3.63) is 12.7 Å². The molecule has 1 rings (SSSR count). The summed E-state index contributed by atoms with van der Waals surface area (Å²) in [5.74, 6) is 0. The summed E-state index contributed by atoms with van der Waals surface area (Å²) in [7, 11) is 0. The summed E-state index contributed by atoms with van der Waals surface area (Å²) >= 11 is 0. The third-order valence-electron chi connectivity index (χ3n) is 2.18. The standard InChI is InChI=1S/C9H17NO/c1-3-4-8(10)9-6-5-7(2)11-9/h3,7-9H,1,4-6,10H2,2H3. The van der Waals surface area contributed by atoms with Crippen LogP contribution in [0.3, 0.4) is 0 Å². The van der Waals surface area contributed by atoms with E-state index in [1.165, 1.54) is 0 Å². The van der Waals surface area contributed by atoms with E-state index in [-0.39, 0.29) is 12.1 Å². The minimum atomic E-state index is 0.150. The van der Waals surface area contributed by atoms with Crippen molar-refractivity contribution in [2.75, 3.05) is 0 Å². The zero-order chi connectivity index (χ0) is 8.27. The molecule has 1 aliphatic rings. The topological polar surface area (TPSA) is 35.2 Å². The van der Waals surface area contributed by atoms with Crippen LogP contribution in [-0.2, 0) is 4.74 Å². The Morgan fingerprint density at radius 1 is 1.73 bits per heavy atom. The predicted octanol–water partition coefficient (Wildman–Crippen LogP) is 1.46. The van der Waals surface area contributed by atoms with E-state index in [1.54, 1.807) is 0 Å². The fourth-order valence-electron chi connectivity index (χ4n) is 1.49. The van der Waals surface area contributed by atoms with E-state index in [1.807, 2.05) is 6.08 Å². The van der Waals surface area contributed by atoms with Crippen molar-refractivity contribution in [2.45, 2.75) is 44.4 Å². The van der Waals surface area contributed by atoms with E-state index < -0.39 is 0 Å². The van der Waals surface area contributed by atoms with Gasteiger partial charge in [0.25, 0.3) is 0 Å². The van der Waals surface area contributed by atoms with Crippen molar-refractivity contribution in [1.82, 2.24) is 0 Å². The highest BCUT2D eigenvalue weighted by atomic mass is 16.5. The van der Waals surface area contributed by atoms with Gasteiger partial charge >= 0.3 is 0 Å². The second kappa shape index (κ2) is 3.88. The van der Waals surface area contributed by atoms with Crippen LogP contribution in [0, 0.1) is 0 Å². The third-order valence-corrected chi connectivity index (χ3v) is 2.18. The Morgan fingerprint density at radius 3 is 2.91 bits per heavy atom. The van der Waals surface area contributed by atoms with Crippen LogP contribution in [0.1, 0.15) is 26.2 Å². The first-order valence-corrected chi connectivity index (χ1v) is 4.26. The Labute approximate surface area is 68.4 Å². The summed E-state index contributed by atoms with van der Waals surface area (Å²) in [5.41, 5.74) is 5.86. The lowest BCUT2D eigenvalue weighted by Crippen LogP contribution is -2.34. The molecule has 0 aromatic heterocycles. The molecule has 64 valence electrons. The average molecular weight is 155 g/mol. The largest absolute Gasteiger partial charge is 0.374 e. The van der Waals surface area contributed by atoms with Gasteiger partial charge in [0.1, 0.15) is 0 Å². The minimum Gasteiger partial charge on any atom is -0.374 e. The fraction of sp³-hybridized carbons (Fsp3) is 0.778. The van der Waals surface area contributed by atoms with Crippen LogP contribution >= 0.6 is 0 Å². The molecule has 0 saturated carbocycles. The molecular weight excluding hydrogens is 138 g/mol. The maximum Gasteiger partial charge on any atom is 0.0733 e. The molecule has 0 aromatic rings. The van der Waals surface area contributed by atoms with Crippen molar-refractivity contribution in [3.63, 3.8) is 0 Å². The van der Waals surface area contributed by atoms with Crippen LogP contribution in [0.2, 0.25) is 0 Å². The summed E-state index contributed by atoms with van der Waals surface area (Å²) in [5, 5.41) is 0. The van der Waals surface area contributed by atoms with Gasteiger partial charge in [0.15, 0.2) is 0 Å². The Kier molecular flexibility index (Phi) is 3.09. The molecule has 2 nitrogen and oxygen atoms in total. The summed E-state index contributed by atoms with van der Waals surface area (Å²) in [6.07, 6.45) is 5.64. The van der Waals surface area contributed by atoms with Crippen LogP contribution in [0.25, 0.3) is 0 Å². The summed E-state index contributed by atoms with van der Waals surface area (Å²) in [6, 6.07) is 0.150. The Bertz CT molecular complexity index is 136. The van der Waals surface area contributed by atoms with Crippen LogP contribution in [-0.4, -0.2) is 18.2 Å². The SMILES string of the molecule is C=CCC(N)C1CCC(C)O1. The zero-order valence-electron chi connectivity index (χ0n) is 7.12. The van der Waals surface area contributed by atoms with Gasteiger partial charge in [-0.15, -0.1) is 6.58 Å². The van der Waals surface area contributed by atoms with Gasteiger partial charge in [-0.2, -0.15) is 0 Å². The molecule has 1 aliphatic heterocycles. The maximum atomic E-state index is 5.86. The van der Waals surface area contributed by atoms with Crippen LogP contribution in [0.4, 0.5) is 0 Å². The smallest absolute Gasteiger partial charge is 0.0733 e. The Morgan fingerprint density at radius 2 is 2.45 bits per heavy atom. The average Bonchev–Trinajstić information content (AvgIpc) is 2.36. The van der Waals surface area contributed by atoms with Crippen molar-refractivity contribution >= 4 is 0 Å². The van der Waals surface area contributed by atoms with Crippen molar-refractivity contribution in [3.8, 4) is 0 Å². The van der Waals surface area contributed by atoms with Crippen molar-refractivity contribution in [1.29, 1.82) is 0 Å². The molecule has 0 bridgehead atoms. The lowest BCUT2D eigenvalue weighted by atomic mass is 10.1. The summed E-state index contributed by atoms with van der Waals surface area (Å²) in [4.78, 5) is 0. The van der Waals surface area contributed by atoms with Gasteiger partial charge in [0.2, 0.25) is 0 Å². The van der Waals surface area contributed by atoms with Gasteiger partial charge < -0.3 is 10.5 Å². The molecule has 0 radical (unpaired) electrons. The van der Waals surface area contributed by atoms with E-state index >= 15 is 0 Å². The molecule has 1 fully saturated rings. The first kappa shape index (κ1) is 8.75. The third kappa shape index (κ3) is 2.31. The maximum absolute atomic E-state index is 5.86. The Balaban J connectivity index is 2.30. The van der Waals surface area contributed by atoms with Gasteiger partial charge in [0.05, 0.1) is 12.2 Å². The van der Waals surface area contributed by atoms with Gasteiger partial charge in [-0.25, -0.2) is 0 Å². The van der Waals surface area contributed by atoms with E-state index in [0.29, 0.717) is 6.10 Å². The predicted molar refractivity (Wildman–Crippen MR) is 46.4 cm³/mol. The van der Waals surface area contributed by atoms with Gasteiger partial charge in [-0.1, -0.05) is 6.08 Å². The summed E-state index contributed by atoms with van der Waals surface area (Å²) in [6.45, 7) is 5.75. The molecule has 3 atom stereocenters. The highest BCUT2D eigenvalue weighted by Crippen LogP contribution is 2.21. The van der Waals surface area contributed by atoms with Gasteiger partial charge in [-0.3, -0.25) is 0 Å². The highest BCUT2D eigenvalue weighted by molar-refractivity contribution is 4.85. The molecule has 1 saturated heterocycles. The number of hydrogen-bond acceptors (Lipinski definition) is 2. The van der Waals surface area contributed by atoms with E-state index in [4.69, 9.17) is 10.5 Å². The lowest BCUT2D eigenvalue weighted by Gasteiger charge is -2.17. The first-order valence-electron chi connectivity index (χ1n) is 4.26. The molecule has 0 amide bonds. The van der Waals surface area contributed by atoms with Gasteiger partial charge in [-0.05, 0) is 26.2 Å². The second-order valence-corrected chi connectivity index (χ2v) is 3.25. The number of hydrogen-bond donors (Lipinski definition) is 1. The molecule has 2 heteroatoms. The van der Waals surface area contributed by atoms with Crippen LogP contribution in [0.15, 0.2) is 12.7 Å². The van der Waals surface area contributed by atoms with Crippen LogP contribution < -0.4 is 5.73 Å². The zero-order valence-corrected chi connectivity index (χ0v) is 7.12. The molecule has 0 aliphatic carbocycles. The number of rotatable bonds is 3. The van der Waals surface area contributed by atoms with E-state index in [0.717, 1.165) is 19.3 Å². The fourth-order valence-corrected chi connectivity index (χ4v) is 1.49. The normalized spacial score (nSPS) is 33.6. The summed E-state index contributed by atoms with van der Waals surface area (Å²) < 4.78 is 5.60. The van der Waals surface area contributed by atoms with E-state index in [2.05, 4.69) is 13.5 Å². The van der Waals surface area contributed by atoms with Crippen LogP contribution in [0.5, 0.6) is 0 Å². The quantitative estimate of drug-likeness (QED) is 0.626. The molecule has 3 unspecified atom stereocenters. The van der Waals surface area contributed by atoms with Crippen molar-refractivity contribution in [2.24, 2.45) is 5.73 Å². The molecule has 0 spiro atoms. The van der Waals surface area contributed by atoms with Crippen molar-refractivity contribution < 1.29 is 4.74 Å². The first-order chi connectivity index (χ1) is 5.24. The molecular formula is C9H17NO. The molecule has 1 heterocycles. The second-order valence-electron chi connectivity index (χ2n) is 3.25. The highest BCUT2D eigenvalue weighted by Gasteiger charge is 2.26. The number of ether oxygens (including phenoxy) is 1. The monoisotopic (exact) mass is 155 g/mol. The Hall–Kier alpha value is -0.340. The number of nitrogens with two attached hydrogens (primary N) is 1. The molecule has 11 heavy (non-hydrogen) atoms. The van der Waals surface area contributed by atoms with Gasteiger partial charge in [0, 0.05) is 6.04 Å². The minimum absolute atomic E-state index is 0.150.